The first-order valence-corrected chi connectivity index (χ1v) is 6.96. The number of aliphatic carboxylic acids is 1. The van der Waals surface area contributed by atoms with Gasteiger partial charge in [-0.1, -0.05) is 11.6 Å². The standard InChI is InChI=1S/C10H8ClF4NO4S/c1-9(8(17)18,10(13,14)15)16-21(19,20)7-4-5(12)2-3-6(7)11/h2-4,16H,1H3,(H,17,18). The van der Waals surface area contributed by atoms with Crippen LogP contribution < -0.4 is 4.72 Å². The number of sulfonamides is 1. The van der Waals surface area contributed by atoms with Crippen molar-refractivity contribution >= 4 is 27.6 Å². The number of carbonyl (C=O) groups is 1. The van der Waals surface area contributed by atoms with Gasteiger partial charge >= 0.3 is 12.1 Å². The van der Waals surface area contributed by atoms with Crippen LogP contribution in [-0.2, 0) is 14.8 Å². The lowest BCUT2D eigenvalue weighted by Crippen LogP contribution is -2.61. The Labute approximate surface area is 121 Å². The molecule has 118 valence electrons. The molecule has 1 aromatic rings. The Morgan fingerprint density at radius 1 is 1.33 bits per heavy atom. The summed E-state index contributed by atoms with van der Waals surface area (Å²) >= 11 is 5.49. The van der Waals surface area contributed by atoms with Crippen molar-refractivity contribution in [2.75, 3.05) is 0 Å². The number of nitrogens with one attached hydrogen (secondary N) is 1. The minimum Gasteiger partial charge on any atom is -0.480 e. The van der Waals surface area contributed by atoms with Gasteiger partial charge in [-0.2, -0.15) is 17.9 Å². The molecule has 2 N–H and O–H groups in total. The first-order valence-electron chi connectivity index (χ1n) is 5.10. The zero-order valence-corrected chi connectivity index (χ0v) is 11.8. The van der Waals surface area contributed by atoms with E-state index in [1.54, 1.807) is 0 Å². The highest BCUT2D eigenvalue weighted by atomic mass is 35.5. The van der Waals surface area contributed by atoms with Crippen molar-refractivity contribution < 1.29 is 35.9 Å². The molecule has 1 rings (SSSR count). The van der Waals surface area contributed by atoms with Gasteiger partial charge in [0.1, 0.15) is 10.7 Å². The molecule has 0 heterocycles. The van der Waals surface area contributed by atoms with Crippen molar-refractivity contribution in [2.24, 2.45) is 0 Å². The molecular formula is C10H8ClF4NO4S. The van der Waals surface area contributed by atoms with Crippen LogP contribution in [0, 0.1) is 5.82 Å². The lowest BCUT2D eigenvalue weighted by atomic mass is 10.0. The molecule has 0 aromatic heterocycles. The van der Waals surface area contributed by atoms with Crippen LogP contribution in [0.4, 0.5) is 17.6 Å². The molecule has 11 heteroatoms. The molecule has 0 aliphatic heterocycles. The van der Waals surface area contributed by atoms with Crippen LogP contribution >= 0.6 is 11.6 Å². The first-order chi connectivity index (χ1) is 9.31. The van der Waals surface area contributed by atoms with E-state index >= 15 is 0 Å². The van der Waals surface area contributed by atoms with Gasteiger partial charge in [0.2, 0.25) is 15.6 Å². The minimum absolute atomic E-state index is 0.125. The van der Waals surface area contributed by atoms with Crippen molar-refractivity contribution in [1.82, 2.24) is 4.72 Å². The number of alkyl halides is 3. The van der Waals surface area contributed by atoms with Crippen LogP contribution in [0.25, 0.3) is 0 Å². The zero-order valence-electron chi connectivity index (χ0n) is 10.2. The normalized spacial score (nSPS) is 15.5. The van der Waals surface area contributed by atoms with E-state index < -0.39 is 43.4 Å². The van der Waals surface area contributed by atoms with Crippen LogP contribution in [0.3, 0.4) is 0 Å². The molecule has 0 saturated heterocycles. The number of hydrogen-bond donors (Lipinski definition) is 2. The van der Waals surface area contributed by atoms with E-state index in [9.17, 15) is 30.8 Å². The summed E-state index contributed by atoms with van der Waals surface area (Å²) in [6.45, 7) is 0.125. The quantitative estimate of drug-likeness (QED) is 0.816. The molecule has 0 fully saturated rings. The fraction of sp³-hybridized carbons (Fsp3) is 0.300. The maximum atomic E-state index is 13.0. The molecule has 0 spiro atoms. The Morgan fingerprint density at radius 3 is 2.29 bits per heavy atom. The summed E-state index contributed by atoms with van der Waals surface area (Å²) in [5.74, 6) is -3.53. The van der Waals surface area contributed by atoms with Crippen molar-refractivity contribution in [3.63, 3.8) is 0 Å². The van der Waals surface area contributed by atoms with Gasteiger partial charge in [-0.25, -0.2) is 17.6 Å². The molecule has 0 radical (unpaired) electrons. The highest BCUT2D eigenvalue weighted by Gasteiger charge is 2.59. The zero-order chi connectivity index (χ0) is 16.6. The monoisotopic (exact) mass is 349 g/mol. The van der Waals surface area contributed by atoms with E-state index in [0.717, 1.165) is 16.9 Å². The summed E-state index contributed by atoms with van der Waals surface area (Å²) in [5, 5.41) is 8.09. The molecule has 0 aliphatic rings. The van der Waals surface area contributed by atoms with E-state index in [1.165, 1.54) is 0 Å². The number of hydrogen-bond acceptors (Lipinski definition) is 3. The first kappa shape index (κ1) is 17.7. The third-order valence-electron chi connectivity index (χ3n) is 2.52. The van der Waals surface area contributed by atoms with Crippen molar-refractivity contribution in [1.29, 1.82) is 0 Å². The summed E-state index contributed by atoms with van der Waals surface area (Å²) in [5.41, 5.74) is -3.79. The number of carboxylic acid groups (broad SMARTS) is 1. The van der Waals surface area contributed by atoms with Gasteiger partial charge in [-0.15, -0.1) is 0 Å². The highest BCUT2D eigenvalue weighted by molar-refractivity contribution is 7.89. The number of benzene rings is 1. The molecular weight excluding hydrogens is 342 g/mol. The van der Waals surface area contributed by atoms with Gasteiger partial charge < -0.3 is 5.11 Å². The Morgan fingerprint density at radius 2 is 1.86 bits per heavy atom. The van der Waals surface area contributed by atoms with E-state index in [0.29, 0.717) is 6.07 Å². The second kappa shape index (κ2) is 5.43. The number of rotatable bonds is 4. The summed E-state index contributed by atoms with van der Waals surface area (Å²) < 4.78 is 76.0. The average Bonchev–Trinajstić information content (AvgIpc) is 2.29. The van der Waals surface area contributed by atoms with Crippen LogP contribution in [0.1, 0.15) is 6.92 Å². The highest BCUT2D eigenvalue weighted by Crippen LogP contribution is 2.33. The topological polar surface area (TPSA) is 83.5 Å². The van der Waals surface area contributed by atoms with E-state index in [2.05, 4.69) is 0 Å². The predicted octanol–water partition coefficient (Wildman–Crippen LogP) is 2.16. The fourth-order valence-electron chi connectivity index (χ4n) is 1.23. The molecule has 1 atom stereocenters. The summed E-state index contributed by atoms with van der Waals surface area (Å²) in [6.07, 6.45) is -5.42. The fourth-order valence-corrected chi connectivity index (χ4v) is 3.09. The summed E-state index contributed by atoms with van der Waals surface area (Å²) in [7, 11) is -5.02. The van der Waals surface area contributed by atoms with Gasteiger partial charge in [0, 0.05) is 0 Å². The van der Waals surface area contributed by atoms with Crippen molar-refractivity contribution in [3.8, 4) is 0 Å². The molecule has 0 saturated carbocycles. The summed E-state index contributed by atoms with van der Waals surface area (Å²) in [6, 6.07) is 1.99. The second-order valence-corrected chi connectivity index (χ2v) is 6.17. The molecule has 0 bridgehead atoms. The Bertz CT molecular complexity index is 676. The van der Waals surface area contributed by atoms with E-state index in [-0.39, 0.29) is 6.92 Å². The molecule has 0 amide bonds. The lowest BCUT2D eigenvalue weighted by molar-refractivity contribution is -0.201. The van der Waals surface area contributed by atoms with Crippen LogP contribution in [0.15, 0.2) is 23.1 Å². The second-order valence-electron chi connectivity index (χ2n) is 4.11. The summed E-state index contributed by atoms with van der Waals surface area (Å²) in [4.78, 5) is 9.78. The van der Waals surface area contributed by atoms with Crippen molar-refractivity contribution in [3.05, 3.63) is 29.0 Å². The molecule has 21 heavy (non-hydrogen) atoms. The van der Waals surface area contributed by atoms with E-state index in [1.807, 2.05) is 0 Å². The SMILES string of the molecule is CC(NS(=O)(=O)c1cc(F)ccc1Cl)(C(=O)O)C(F)(F)F. The van der Waals surface area contributed by atoms with Gasteiger partial charge in [-0.05, 0) is 25.1 Å². The maximum Gasteiger partial charge on any atom is 0.418 e. The Balaban J connectivity index is 3.39. The molecule has 0 aliphatic carbocycles. The molecule has 1 unspecified atom stereocenters. The van der Waals surface area contributed by atoms with Crippen LogP contribution in [0.2, 0.25) is 5.02 Å². The smallest absolute Gasteiger partial charge is 0.418 e. The van der Waals surface area contributed by atoms with Crippen molar-refractivity contribution in [2.45, 2.75) is 23.5 Å². The molecule has 1 aromatic carbocycles. The molecule has 5 nitrogen and oxygen atoms in total. The maximum absolute atomic E-state index is 13.0. The van der Waals surface area contributed by atoms with Crippen LogP contribution in [0.5, 0.6) is 0 Å². The largest absolute Gasteiger partial charge is 0.480 e. The number of carboxylic acids is 1. The average molecular weight is 350 g/mol. The van der Waals surface area contributed by atoms with Gasteiger partial charge in [0.15, 0.2) is 0 Å². The van der Waals surface area contributed by atoms with Crippen LogP contribution in [-0.4, -0.2) is 31.2 Å². The van der Waals surface area contributed by atoms with E-state index in [4.69, 9.17) is 16.7 Å². The van der Waals surface area contributed by atoms with Gasteiger partial charge in [0.05, 0.1) is 5.02 Å². The Hall–Kier alpha value is -1.39. The lowest BCUT2D eigenvalue weighted by Gasteiger charge is -2.28. The van der Waals surface area contributed by atoms with Gasteiger partial charge in [-0.3, -0.25) is 0 Å². The number of halogens is 5. The predicted molar refractivity (Wildman–Crippen MR) is 63.8 cm³/mol. The van der Waals surface area contributed by atoms with Gasteiger partial charge in [0.25, 0.3) is 0 Å². The third-order valence-corrected chi connectivity index (χ3v) is 4.55. The minimum atomic E-state index is -5.42. The Kier molecular flexibility index (Phi) is 4.56. The third kappa shape index (κ3) is 3.44.